The summed E-state index contributed by atoms with van der Waals surface area (Å²) in [6.45, 7) is 3.02. The molecule has 0 bridgehead atoms. The summed E-state index contributed by atoms with van der Waals surface area (Å²) >= 11 is 0. The first-order chi connectivity index (χ1) is 6.19. The second kappa shape index (κ2) is 2.96. The van der Waals surface area contributed by atoms with E-state index in [2.05, 4.69) is 5.32 Å². The van der Waals surface area contributed by atoms with Crippen molar-refractivity contribution in [1.82, 2.24) is 5.32 Å². The normalized spacial score (nSPS) is 42.3. The number of nitrogens with two attached hydrogens (primary N) is 1. The van der Waals surface area contributed by atoms with Gasteiger partial charge in [-0.3, -0.25) is 4.79 Å². The zero-order chi connectivity index (χ0) is 9.47. The van der Waals surface area contributed by atoms with Crippen molar-refractivity contribution in [2.24, 2.45) is 11.7 Å². The van der Waals surface area contributed by atoms with Gasteiger partial charge in [0.05, 0.1) is 6.61 Å². The van der Waals surface area contributed by atoms with Crippen molar-refractivity contribution in [2.45, 2.75) is 31.3 Å². The van der Waals surface area contributed by atoms with Gasteiger partial charge in [-0.1, -0.05) is 0 Å². The van der Waals surface area contributed by atoms with Crippen molar-refractivity contribution in [3.05, 3.63) is 0 Å². The summed E-state index contributed by atoms with van der Waals surface area (Å²) in [5, 5.41) is 3.20. The minimum absolute atomic E-state index is 0.0908. The third-order valence-electron chi connectivity index (χ3n) is 3.01. The number of esters is 1. The quantitative estimate of drug-likeness (QED) is 0.575. The summed E-state index contributed by atoms with van der Waals surface area (Å²) in [5.41, 5.74) is 5.41. The molecule has 0 amide bonds. The molecule has 2 fully saturated rings. The summed E-state index contributed by atoms with van der Waals surface area (Å²) in [6.07, 6.45) is 1.85. The molecule has 0 aromatic rings. The van der Waals surface area contributed by atoms with Crippen LogP contribution in [-0.4, -0.2) is 30.7 Å². The second-order valence-corrected chi connectivity index (χ2v) is 3.97. The highest BCUT2D eigenvalue weighted by atomic mass is 16.5. The molecule has 4 nitrogen and oxygen atoms in total. The van der Waals surface area contributed by atoms with Crippen LogP contribution in [0, 0.1) is 5.92 Å². The van der Waals surface area contributed by atoms with Crippen LogP contribution in [0.5, 0.6) is 0 Å². The van der Waals surface area contributed by atoms with E-state index in [1.54, 1.807) is 0 Å². The first-order valence-electron chi connectivity index (χ1n) is 4.87. The van der Waals surface area contributed by atoms with E-state index in [4.69, 9.17) is 10.5 Å². The Morgan fingerprint density at radius 3 is 3.15 bits per heavy atom. The lowest BCUT2D eigenvalue weighted by atomic mass is 10.0. The smallest absolute Gasteiger partial charge is 0.326 e. The Hall–Kier alpha value is -0.610. The van der Waals surface area contributed by atoms with Gasteiger partial charge in [-0.05, 0) is 25.7 Å². The summed E-state index contributed by atoms with van der Waals surface area (Å²) < 4.78 is 5.02. The summed E-state index contributed by atoms with van der Waals surface area (Å²) in [5.74, 6) is 0.321. The van der Waals surface area contributed by atoms with Gasteiger partial charge in [0.1, 0.15) is 5.54 Å². The predicted octanol–water partition coefficient (Wildman–Crippen LogP) is -0.371. The van der Waals surface area contributed by atoms with Crippen LogP contribution in [0.25, 0.3) is 0 Å². The maximum Gasteiger partial charge on any atom is 0.326 e. The topological polar surface area (TPSA) is 64.3 Å². The molecule has 2 aliphatic rings. The minimum Gasteiger partial charge on any atom is -0.465 e. The molecule has 0 radical (unpaired) electrons. The highest BCUT2D eigenvalue weighted by Crippen LogP contribution is 2.49. The summed E-state index contributed by atoms with van der Waals surface area (Å²) in [4.78, 5) is 11.5. The zero-order valence-electron chi connectivity index (χ0n) is 7.88. The van der Waals surface area contributed by atoms with Crippen LogP contribution in [0.2, 0.25) is 0 Å². The molecule has 3 N–H and O–H groups in total. The molecule has 3 unspecified atom stereocenters. The van der Waals surface area contributed by atoms with Gasteiger partial charge in [0, 0.05) is 12.6 Å². The number of ether oxygens (including phenoxy) is 1. The third-order valence-corrected chi connectivity index (χ3v) is 3.01. The molecule has 2 rings (SSSR count). The maximum absolute atomic E-state index is 11.5. The van der Waals surface area contributed by atoms with Crippen molar-refractivity contribution in [2.75, 3.05) is 13.2 Å². The fourth-order valence-corrected chi connectivity index (χ4v) is 2.17. The number of hydrogen-bond acceptors (Lipinski definition) is 4. The highest BCUT2D eigenvalue weighted by Gasteiger charge is 2.62. The Morgan fingerprint density at radius 1 is 1.77 bits per heavy atom. The van der Waals surface area contributed by atoms with Crippen LogP contribution in [0.4, 0.5) is 0 Å². The Kier molecular flexibility index (Phi) is 2.04. The van der Waals surface area contributed by atoms with E-state index >= 15 is 0 Å². The van der Waals surface area contributed by atoms with Crippen molar-refractivity contribution < 1.29 is 9.53 Å². The molecule has 1 heterocycles. The molecule has 0 aromatic heterocycles. The lowest BCUT2D eigenvalue weighted by Gasteiger charge is -2.25. The SMILES string of the molecule is CCOC(=O)C12CC1CC(N)CN2. The number of hydrogen-bond donors (Lipinski definition) is 2. The van der Waals surface area contributed by atoms with Gasteiger partial charge in [0.2, 0.25) is 0 Å². The lowest BCUT2D eigenvalue weighted by molar-refractivity contribution is -0.147. The predicted molar refractivity (Wildman–Crippen MR) is 48.1 cm³/mol. The number of piperidine rings is 1. The van der Waals surface area contributed by atoms with E-state index in [0.29, 0.717) is 12.5 Å². The molecule has 1 saturated carbocycles. The van der Waals surface area contributed by atoms with Gasteiger partial charge in [0.15, 0.2) is 0 Å². The van der Waals surface area contributed by atoms with E-state index < -0.39 is 0 Å². The standard InChI is InChI=1S/C9H16N2O2/c1-2-13-8(12)9-4-6(9)3-7(10)5-11-9/h6-7,11H,2-5,10H2,1H3. The number of rotatable bonds is 2. The molecular formula is C9H16N2O2. The van der Waals surface area contributed by atoms with Crippen molar-refractivity contribution in [1.29, 1.82) is 0 Å². The van der Waals surface area contributed by atoms with Gasteiger partial charge in [-0.2, -0.15) is 0 Å². The zero-order valence-corrected chi connectivity index (χ0v) is 7.88. The molecule has 13 heavy (non-hydrogen) atoms. The van der Waals surface area contributed by atoms with E-state index in [0.717, 1.165) is 19.4 Å². The molecule has 1 aliphatic carbocycles. The van der Waals surface area contributed by atoms with E-state index in [-0.39, 0.29) is 17.6 Å². The number of carbonyl (C=O) groups is 1. The average molecular weight is 184 g/mol. The van der Waals surface area contributed by atoms with Gasteiger partial charge >= 0.3 is 5.97 Å². The number of carbonyl (C=O) groups excluding carboxylic acids is 1. The third kappa shape index (κ3) is 1.34. The van der Waals surface area contributed by atoms with Gasteiger partial charge in [-0.15, -0.1) is 0 Å². The fraction of sp³-hybridized carbons (Fsp3) is 0.889. The van der Waals surface area contributed by atoms with Crippen LogP contribution >= 0.6 is 0 Å². The first kappa shape index (κ1) is 8.97. The Morgan fingerprint density at radius 2 is 2.54 bits per heavy atom. The maximum atomic E-state index is 11.5. The fourth-order valence-electron chi connectivity index (χ4n) is 2.17. The van der Waals surface area contributed by atoms with Gasteiger partial charge in [0.25, 0.3) is 0 Å². The van der Waals surface area contributed by atoms with Crippen molar-refractivity contribution in [3.8, 4) is 0 Å². The molecule has 0 aromatic carbocycles. The largest absolute Gasteiger partial charge is 0.465 e. The summed E-state index contributed by atoms with van der Waals surface area (Å²) in [7, 11) is 0. The first-order valence-corrected chi connectivity index (χ1v) is 4.87. The highest BCUT2D eigenvalue weighted by molar-refractivity contribution is 5.85. The molecular weight excluding hydrogens is 168 g/mol. The molecule has 74 valence electrons. The Labute approximate surface area is 77.8 Å². The van der Waals surface area contributed by atoms with Crippen LogP contribution < -0.4 is 11.1 Å². The van der Waals surface area contributed by atoms with Crippen LogP contribution in [0.15, 0.2) is 0 Å². The lowest BCUT2D eigenvalue weighted by Crippen LogP contribution is -2.51. The number of fused-ring (bicyclic) bond motifs is 1. The number of nitrogens with one attached hydrogen (secondary N) is 1. The van der Waals surface area contributed by atoms with E-state index in [1.165, 1.54) is 0 Å². The van der Waals surface area contributed by atoms with Crippen LogP contribution in [-0.2, 0) is 9.53 Å². The molecule has 1 aliphatic heterocycles. The van der Waals surface area contributed by atoms with Crippen LogP contribution in [0.3, 0.4) is 0 Å². The minimum atomic E-state index is -0.355. The molecule has 4 heteroatoms. The Balaban J connectivity index is 1.97. The van der Waals surface area contributed by atoms with Crippen molar-refractivity contribution in [3.63, 3.8) is 0 Å². The average Bonchev–Trinajstić information content (AvgIpc) is 2.79. The second-order valence-electron chi connectivity index (χ2n) is 3.97. The van der Waals surface area contributed by atoms with Crippen LogP contribution in [0.1, 0.15) is 19.8 Å². The molecule has 3 atom stereocenters. The van der Waals surface area contributed by atoms with Crippen molar-refractivity contribution >= 4 is 5.97 Å². The Bertz CT molecular complexity index is 232. The van der Waals surface area contributed by atoms with E-state index in [1.807, 2.05) is 6.92 Å². The molecule has 0 spiro atoms. The summed E-state index contributed by atoms with van der Waals surface area (Å²) in [6, 6.07) is 0.204. The van der Waals surface area contributed by atoms with Gasteiger partial charge in [-0.25, -0.2) is 0 Å². The monoisotopic (exact) mass is 184 g/mol. The molecule has 1 saturated heterocycles. The van der Waals surface area contributed by atoms with Gasteiger partial charge < -0.3 is 15.8 Å². The van der Waals surface area contributed by atoms with E-state index in [9.17, 15) is 4.79 Å².